The smallest absolute Gasteiger partial charge is 0.122 e. The van der Waals surface area contributed by atoms with Crippen molar-refractivity contribution in [2.75, 3.05) is 19.6 Å². The SMILES string of the molecule is CC1CN(CC[NH3+])[Si](C)(C)C1. The van der Waals surface area contributed by atoms with Gasteiger partial charge in [0, 0.05) is 6.54 Å². The third-order valence-corrected chi connectivity index (χ3v) is 6.48. The summed E-state index contributed by atoms with van der Waals surface area (Å²) in [5.74, 6) is 0.934. The quantitative estimate of drug-likeness (QED) is 0.602. The minimum atomic E-state index is -0.960. The zero-order valence-electron chi connectivity index (χ0n) is 8.06. The Morgan fingerprint density at radius 1 is 1.55 bits per heavy atom. The van der Waals surface area contributed by atoms with Crippen molar-refractivity contribution in [1.82, 2.24) is 4.57 Å². The molecular formula is C8H21N2Si+. The van der Waals surface area contributed by atoms with E-state index in [1.54, 1.807) is 0 Å². The largest absolute Gasteiger partial charge is 0.357 e. The molecule has 11 heavy (non-hydrogen) atoms. The molecule has 66 valence electrons. The standard InChI is InChI=1S/C8H20N2Si/c1-8-6-10(5-4-9)11(2,3)7-8/h8H,4-7,9H2,1-3H3/p+1. The van der Waals surface area contributed by atoms with Crippen LogP contribution in [0.5, 0.6) is 0 Å². The maximum Gasteiger partial charge on any atom is 0.122 e. The molecule has 0 bridgehead atoms. The third kappa shape index (κ3) is 2.04. The Hall–Kier alpha value is 0.137. The van der Waals surface area contributed by atoms with Crippen LogP contribution in [0.2, 0.25) is 19.1 Å². The van der Waals surface area contributed by atoms with Gasteiger partial charge in [0.1, 0.15) is 8.24 Å². The molecule has 0 radical (unpaired) electrons. The van der Waals surface area contributed by atoms with Gasteiger partial charge in [-0.2, -0.15) is 0 Å². The molecule has 3 N–H and O–H groups in total. The fourth-order valence-corrected chi connectivity index (χ4v) is 5.92. The zero-order valence-corrected chi connectivity index (χ0v) is 9.06. The van der Waals surface area contributed by atoms with Crippen molar-refractivity contribution in [3.05, 3.63) is 0 Å². The minimum absolute atomic E-state index is 0.934. The molecule has 1 unspecified atom stereocenters. The van der Waals surface area contributed by atoms with Gasteiger partial charge in [-0.05, 0) is 18.5 Å². The molecule has 1 aliphatic heterocycles. The maximum atomic E-state index is 3.92. The topological polar surface area (TPSA) is 30.9 Å². The summed E-state index contributed by atoms with van der Waals surface area (Å²) in [7, 11) is -0.960. The second kappa shape index (κ2) is 3.25. The Labute approximate surface area is 70.8 Å². The first-order valence-corrected chi connectivity index (χ1v) is 7.76. The number of quaternary nitrogens is 1. The molecule has 1 rings (SSSR count). The monoisotopic (exact) mass is 173 g/mol. The van der Waals surface area contributed by atoms with Gasteiger partial charge in [-0.25, -0.2) is 0 Å². The highest BCUT2D eigenvalue weighted by Gasteiger charge is 2.37. The molecule has 3 heteroatoms. The van der Waals surface area contributed by atoms with Crippen LogP contribution < -0.4 is 5.73 Å². The Kier molecular flexibility index (Phi) is 2.73. The van der Waals surface area contributed by atoms with E-state index in [0.29, 0.717) is 0 Å². The molecule has 0 aromatic heterocycles. The average molecular weight is 173 g/mol. The molecule has 0 aliphatic carbocycles. The van der Waals surface area contributed by atoms with Gasteiger partial charge in [-0.15, -0.1) is 0 Å². The lowest BCUT2D eigenvalue weighted by Gasteiger charge is -2.27. The number of hydrogen-bond donors (Lipinski definition) is 1. The van der Waals surface area contributed by atoms with Crippen molar-refractivity contribution in [2.45, 2.75) is 26.1 Å². The minimum Gasteiger partial charge on any atom is -0.357 e. The van der Waals surface area contributed by atoms with Crippen LogP contribution in [0.15, 0.2) is 0 Å². The van der Waals surface area contributed by atoms with Gasteiger partial charge in [0.25, 0.3) is 0 Å². The predicted octanol–water partition coefficient (Wildman–Crippen LogP) is 0.385. The summed E-state index contributed by atoms with van der Waals surface area (Å²) >= 11 is 0. The molecule has 1 fully saturated rings. The van der Waals surface area contributed by atoms with E-state index in [4.69, 9.17) is 0 Å². The molecule has 0 spiro atoms. The van der Waals surface area contributed by atoms with Gasteiger partial charge in [-0.1, -0.05) is 20.0 Å². The average Bonchev–Trinajstić information content (AvgIpc) is 2.07. The second-order valence-corrected chi connectivity index (χ2v) is 9.09. The Balaban J connectivity index is 2.51. The highest BCUT2D eigenvalue weighted by molar-refractivity contribution is 6.75. The molecule has 0 aromatic carbocycles. The summed E-state index contributed by atoms with van der Waals surface area (Å²) in [6, 6.07) is 1.48. The van der Waals surface area contributed by atoms with Crippen LogP contribution in [0.1, 0.15) is 6.92 Å². The summed E-state index contributed by atoms with van der Waals surface area (Å²) in [5, 5.41) is 0. The summed E-state index contributed by atoms with van der Waals surface area (Å²) in [6.07, 6.45) is 0. The van der Waals surface area contributed by atoms with Gasteiger partial charge in [0.05, 0.1) is 6.54 Å². The number of nitrogens with zero attached hydrogens (tertiary/aromatic N) is 1. The summed E-state index contributed by atoms with van der Waals surface area (Å²) < 4.78 is 2.70. The first-order valence-electron chi connectivity index (χ1n) is 4.60. The van der Waals surface area contributed by atoms with Gasteiger partial charge in [0.15, 0.2) is 0 Å². The van der Waals surface area contributed by atoms with Gasteiger partial charge in [-0.3, -0.25) is 0 Å². The lowest BCUT2D eigenvalue weighted by molar-refractivity contribution is -0.367. The fraction of sp³-hybridized carbons (Fsp3) is 1.00. The van der Waals surface area contributed by atoms with Gasteiger partial charge >= 0.3 is 0 Å². The van der Waals surface area contributed by atoms with Crippen molar-refractivity contribution >= 4 is 8.24 Å². The summed E-state index contributed by atoms with van der Waals surface area (Å²) in [5.41, 5.74) is 3.92. The molecule has 0 amide bonds. The molecule has 1 saturated heterocycles. The van der Waals surface area contributed by atoms with Gasteiger partial charge in [0.2, 0.25) is 0 Å². The van der Waals surface area contributed by atoms with Crippen molar-refractivity contribution in [1.29, 1.82) is 0 Å². The van der Waals surface area contributed by atoms with Crippen LogP contribution in [0.3, 0.4) is 0 Å². The summed E-state index contributed by atoms with van der Waals surface area (Å²) in [4.78, 5) is 0. The molecule has 2 nitrogen and oxygen atoms in total. The lowest BCUT2D eigenvalue weighted by Crippen LogP contribution is -2.57. The molecule has 0 saturated carbocycles. The van der Waals surface area contributed by atoms with Crippen LogP contribution in [-0.2, 0) is 0 Å². The predicted molar refractivity (Wildman–Crippen MR) is 50.8 cm³/mol. The van der Waals surface area contributed by atoms with Crippen molar-refractivity contribution in [3.8, 4) is 0 Å². The highest BCUT2D eigenvalue weighted by atomic mass is 28.3. The number of hydrogen-bond acceptors (Lipinski definition) is 1. The van der Waals surface area contributed by atoms with E-state index in [1.807, 2.05) is 0 Å². The van der Waals surface area contributed by atoms with Crippen LogP contribution in [0.4, 0.5) is 0 Å². The Morgan fingerprint density at radius 3 is 2.55 bits per heavy atom. The second-order valence-electron chi connectivity index (χ2n) is 4.42. The Morgan fingerprint density at radius 2 is 2.18 bits per heavy atom. The van der Waals surface area contributed by atoms with Crippen molar-refractivity contribution < 1.29 is 5.73 Å². The third-order valence-electron chi connectivity index (χ3n) is 2.66. The van der Waals surface area contributed by atoms with E-state index in [1.165, 1.54) is 19.1 Å². The Bertz CT molecular complexity index is 136. The van der Waals surface area contributed by atoms with Gasteiger partial charge < -0.3 is 10.3 Å². The highest BCUT2D eigenvalue weighted by Crippen LogP contribution is 2.29. The zero-order chi connectivity index (χ0) is 8.48. The fourth-order valence-electron chi connectivity index (χ4n) is 2.25. The number of rotatable bonds is 2. The molecule has 1 atom stereocenters. The van der Waals surface area contributed by atoms with E-state index < -0.39 is 8.24 Å². The molecule has 1 heterocycles. The summed E-state index contributed by atoms with van der Waals surface area (Å²) in [6.45, 7) is 11.0. The normalized spacial score (nSPS) is 31.1. The molecular weight excluding hydrogens is 152 g/mol. The van der Waals surface area contributed by atoms with E-state index in [-0.39, 0.29) is 0 Å². The van der Waals surface area contributed by atoms with Crippen LogP contribution >= 0.6 is 0 Å². The first-order chi connectivity index (χ1) is 5.06. The van der Waals surface area contributed by atoms with E-state index >= 15 is 0 Å². The van der Waals surface area contributed by atoms with Crippen molar-refractivity contribution in [2.24, 2.45) is 5.92 Å². The maximum absolute atomic E-state index is 3.92. The molecule has 1 aliphatic rings. The van der Waals surface area contributed by atoms with E-state index in [9.17, 15) is 0 Å². The molecule has 0 aromatic rings. The van der Waals surface area contributed by atoms with E-state index in [0.717, 1.165) is 12.5 Å². The lowest BCUT2D eigenvalue weighted by atomic mass is 10.2. The first kappa shape index (κ1) is 9.23. The van der Waals surface area contributed by atoms with Crippen molar-refractivity contribution in [3.63, 3.8) is 0 Å². The van der Waals surface area contributed by atoms with Crippen LogP contribution in [0.25, 0.3) is 0 Å². The van der Waals surface area contributed by atoms with Crippen LogP contribution in [0, 0.1) is 5.92 Å². The van der Waals surface area contributed by atoms with E-state index in [2.05, 4.69) is 30.3 Å². The van der Waals surface area contributed by atoms with Crippen LogP contribution in [-0.4, -0.2) is 32.4 Å².